The second-order valence-electron chi connectivity index (χ2n) is 4.67. The highest BCUT2D eigenvalue weighted by Gasteiger charge is 2.17. The van der Waals surface area contributed by atoms with E-state index in [1.165, 1.54) is 24.3 Å². The third kappa shape index (κ3) is 3.40. The average molecular weight is 317 g/mol. The molecule has 9 heteroatoms. The van der Waals surface area contributed by atoms with Gasteiger partial charge >= 0.3 is 5.97 Å². The number of carbonyl (C=O) groups is 1. The fourth-order valence-electron chi connectivity index (χ4n) is 1.94. The van der Waals surface area contributed by atoms with E-state index in [2.05, 4.69) is 5.32 Å². The van der Waals surface area contributed by atoms with Crippen molar-refractivity contribution >= 4 is 28.7 Å². The standard InChI is InChI=1S/C14H11N3O6/c1-8-2-3-10(17(22)23)7-13(8)15-12-5-4-9(16(20)21)6-11(12)14(18)19/h2-7,15H,1H3,(H,18,19). The van der Waals surface area contributed by atoms with Crippen molar-refractivity contribution in [3.63, 3.8) is 0 Å². The normalized spacial score (nSPS) is 10.1. The first kappa shape index (κ1) is 15.9. The number of aryl methyl sites for hydroxylation is 1. The maximum Gasteiger partial charge on any atom is 0.338 e. The van der Waals surface area contributed by atoms with Gasteiger partial charge in [0.2, 0.25) is 0 Å². The van der Waals surface area contributed by atoms with E-state index in [-0.39, 0.29) is 22.6 Å². The summed E-state index contributed by atoms with van der Waals surface area (Å²) in [7, 11) is 0. The summed E-state index contributed by atoms with van der Waals surface area (Å²) in [6.07, 6.45) is 0. The van der Waals surface area contributed by atoms with Crippen LogP contribution in [0.5, 0.6) is 0 Å². The molecular formula is C14H11N3O6. The van der Waals surface area contributed by atoms with Gasteiger partial charge in [-0.15, -0.1) is 0 Å². The van der Waals surface area contributed by atoms with Gasteiger partial charge in [0.05, 0.1) is 21.1 Å². The Hall–Kier alpha value is -3.49. The quantitative estimate of drug-likeness (QED) is 0.638. The number of nitrogens with zero attached hydrogens (tertiary/aromatic N) is 2. The predicted octanol–water partition coefficient (Wildman–Crippen LogP) is 3.25. The van der Waals surface area contributed by atoms with Crippen LogP contribution in [0.1, 0.15) is 15.9 Å². The minimum Gasteiger partial charge on any atom is -0.478 e. The highest BCUT2D eigenvalue weighted by molar-refractivity contribution is 5.96. The average Bonchev–Trinajstić information content (AvgIpc) is 2.49. The molecule has 2 rings (SSSR count). The monoisotopic (exact) mass is 317 g/mol. The molecule has 0 radical (unpaired) electrons. The number of benzene rings is 2. The molecule has 2 aromatic carbocycles. The maximum absolute atomic E-state index is 11.3. The summed E-state index contributed by atoms with van der Waals surface area (Å²) >= 11 is 0. The minimum atomic E-state index is -1.35. The van der Waals surface area contributed by atoms with Crippen molar-refractivity contribution in [2.75, 3.05) is 5.32 Å². The SMILES string of the molecule is Cc1ccc([N+](=O)[O-])cc1Nc1ccc([N+](=O)[O-])cc1C(=O)O. The Morgan fingerprint density at radius 3 is 2.13 bits per heavy atom. The number of hydrogen-bond donors (Lipinski definition) is 2. The maximum atomic E-state index is 11.3. The van der Waals surface area contributed by atoms with Crippen LogP contribution in [-0.2, 0) is 0 Å². The van der Waals surface area contributed by atoms with Gasteiger partial charge in [-0.25, -0.2) is 4.79 Å². The van der Waals surface area contributed by atoms with Gasteiger partial charge in [-0.05, 0) is 18.6 Å². The number of anilines is 2. The lowest BCUT2D eigenvalue weighted by molar-refractivity contribution is -0.385. The van der Waals surface area contributed by atoms with E-state index in [0.717, 1.165) is 12.1 Å². The van der Waals surface area contributed by atoms with Crippen LogP contribution in [-0.4, -0.2) is 20.9 Å². The summed E-state index contributed by atoms with van der Waals surface area (Å²) in [6.45, 7) is 1.69. The minimum absolute atomic E-state index is 0.103. The van der Waals surface area contributed by atoms with Crippen LogP contribution in [0, 0.1) is 27.2 Å². The molecule has 0 saturated carbocycles. The molecule has 0 aromatic heterocycles. The molecule has 0 spiro atoms. The van der Waals surface area contributed by atoms with Crippen LogP contribution >= 0.6 is 0 Å². The summed E-state index contributed by atoms with van der Waals surface area (Å²) in [4.78, 5) is 31.6. The number of hydrogen-bond acceptors (Lipinski definition) is 6. The number of carboxylic acid groups (broad SMARTS) is 1. The predicted molar refractivity (Wildman–Crippen MR) is 81.2 cm³/mol. The number of carboxylic acids is 1. The largest absolute Gasteiger partial charge is 0.478 e. The molecule has 2 N–H and O–H groups in total. The lowest BCUT2D eigenvalue weighted by Crippen LogP contribution is -2.05. The van der Waals surface area contributed by atoms with Gasteiger partial charge in [0.15, 0.2) is 0 Å². The topological polar surface area (TPSA) is 136 Å². The van der Waals surface area contributed by atoms with Gasteiger partial charge in [0, 0.05) is 30.0 Å². The van der Waals surface area contributed by atoms with E-state index in [4.69, 9.17) is 0 Å². The summed E-state index contributed by atoms with van der Waals surface area (Å²) in [5.41, 5.74) is 0.290. The molecule has 0 bridgehead atoms. The second-order valence-corrected chi connectivity index (χ2v) is 4.67. The van der Waals surface area contributed by atoms with E-state index >= 15 is 0 Å². The Kier molecular flexibility index (Phi) is 4.21. The molecule has 0 saturated heterocycles. The van der Waals surface area contributed by atoms with E-state index in [9.17, 15) is 30.1 Å². The molecule has 2 aromatic rings. The molecule has 118 valence electrons. The van der Waals surface area contributed by atoms with Gasteiger partial charge < -0.3 is 10.4 Å². The molecular weight excluding hydrogens is 306 g/mol. The van der Waals surface area contributed by atoms with Crippen LogP contribution < -0.4 is 5.32 Å². The molecule has 0 amide bonds. The summed E-state index contributed by atoms with van der Waals surface area (Å²) in [5.74, 6) is -1.35. The Morgan fingerprint density at radius 2 is 1.57 bits per heavy atom. The number of nitro benzene ring substituents is 2. The Balaban J connectivity index is 2.48. The van der Waals surface area contributed by atoms with Crippen LogP contribution in [0.25, 0.3) is 0 Å². The van der Waals surface area contributed by atoms with Crippen molar-refractivity contribution in [2.45, 2.75) is 6.92 Å². The molecule has 9 nitrogen and oxygen atoms in total. The zero-order valence-corrected chi connectivity index (χ0v) is 11.8. The van der Waals surface area contributed by atoms with Crippen molar-refractivity contribution in [1.82, 2.24) is 0 Å². The molecule has 0 aliphatic rings. The van der Waals surface area contributed by atoms with E-state index in [0.29, 0.717) is 11.3 Å². The van der Waals surface area contributed by atoms with Crippen molar-refractivity contribution in [3.8, 4) is 0 Å². The molecule has 0 aliphatic heterocycles. The third-order valence-electron chi connectivity index (χ3n) is 3.15. The highest BCUT2D eigenvalue weighted by atomic mass is 16.6. The van der Waals surface area contributed by atoms with Crippen molar-refractivity contribution in [1.29, 1.82) is 0 Å². The number of non-ortho nitro benzene ring substituents is 2. The van der Waals surface area contributed by atoms with Crippen LogP contribution in [0.2, 0.25) is 0 Å². The van der Waals surface area contributed by atoms with Gasteiger partial charge in [0.1, 0.15) is 0 Å². The van der Waals surface area contributed by atoms with Crippen molar-refractivity contribution in [3.05, 3.63) is 67.8 Å². The molecule has 23 heavy (non-hydrogen) atoms. The first-order valence-corrected chi connectivity index (χ1v) is 6.33. The zero-order chi connectivity index (χ0) is 17.1. The van der Waals surface area contributed by atoms with E-state index in [1.54, 1.807) is 6.92 Å². The summed E-state index contributed by atoms with van der Waals surface area (Å²) < 4.78 is 0. The first-order valence-electron chi connectivity index (χ1n) is 6.33. The Morgan fingerprint density at radius 1 is 1.00 bits per heavy atom. The lowest BCUT2D eigenvalue weighted by Gasteiger charge is -2.11. The third-order valence-corrected chi connectivity index (χ3v) is 3.15. The molecule has 0 atom stereocenters. The van der Waals surface area contributed by atoms with Gasteiger partial charge in [-0.1, -0.05) is 6.07 Å². The van der Waals surface area contributed by atoms with Gasteiger partial charge in [-0.2, -0.15) is 0 Å². The van der Waals surface area contributed by atoms with E-state index < -0.39 is 15.8 Å². The fraction of sp³-hybridized carbons (Fsp3) is 0.0714. The smallest absolute Gasteiger partial charge is 0.338 e. The van der Waals surface area contributed by atoms with Crippen molar-refractivity contribution in [2.24, 2.45) is 0 Å². The van der Waals surface area contributed by atoms with E-state index in [1.807, 2.05) is 0 Å². The summed E-state index contributed by atoms with van der Waals surface area (Å²) in [5, 5.41) is 33.5. The lowest BCUT2D eigenvalue weighted by atomic mass is 10.1. The number of nitro groups is 2. The fourth-order valence-corrected chi connectivity index (χ4v) is 1.94. The Labute approximate surface area is 129 Å². The first-order chi connectivity index (χ1) is 10.8. The molecule has 0 fully saturated rings. The van der Waals surface area contributed by atoms with Gasteiger partial charge in [0.25, 0.3) is 11.4 Å². The Bertz CT molecular complexity index is 818. The number of aromatic carboxylic acids is 1. The molecule has 0 heterocycles. The second kappa shape index (κ2) is 6.10. The molecule has 0 unspecified atom stereocenters. The summed E-state index contributed by atoms with van der Waals surface area (Å²) in [6, 6.07) is 7.45. The molecule has 0 aliphatic carbocycles. The van der Waals surface area contributed by atoms with Crippen molar-refractivity contribution < 1.29 is 19.7 Å². The van der Waals surface area contributed by atoms with Crippen LogP contribution in [0.3, 0.4) is 0 Å². The van der Waals surface area contributed by atoms with Gasteiger partial charge in [-0.3, -0.25) is 20.2 Å². The van der Waals surface area contributed by atoms with Crippen LogP contribution in [0.15, 0.2) is 36.4 Å². The number of rotatable bonds is 5. The zero-order valence-electron chi connectivity index (χ0n) is 11.8. The van der Waals surface area contributed by atoms with Crippen LogP contribution in [0.4, 0.5) is 22.7 Å². The number of nitrogens with one attached hydrogen (secondary N) is 1. The highest BCUT2D eigenvalue weighted by Crippen LogP contribution is 2.29.